The smallest absolute Gasteiger partial charge is 0.0631 e. The van der Waals surface area contributed by atoms with Crippen molar-refractivity contribution in [3.05, 3.63) is 0 Å². The van der Waals surface area contributed by atoms with Gasteiger partial charge in [-0.2, -0.15) is 0 Å². The molecule has 0 spiro atoms. The fourth-order valence-corrected chi connectivity index (χ4v) is 3.41. The third kappa shape index (κ3) is 3.23. The first-order chi connectivity index (χ1) is 8.04. The van der Waals surface area contributed by atoms with Crippen LogP contribution >= 0.6 is 0 Å². The summed E-state index contributed by atoms with van der Waals surface area (Å²) in [6, 6.07) is 0.840. The minimum atomic E-state index is -0.102. The molecule has 100 valence electrons. The highest BCUT2D eigenvalue weighted by molar-refractivity contribution is 4.92. The molecule has 2 aliphatic carbocycles. The molecule has 2 nitrogen and oxygen atoms in total. The molecule has 2 aliphatic rings. The van der Waals surface area contributed by atoms with Crippen LogP contribution in [0.4, 0.5) is 0 Å². The van der Waals surface area contributed by atoms with Gasteiger partial charge in [-0.3, -0.25) is 0 Å². The van der Waals surface area contributed by atoms with Crippen LogP contribution < -0.4 is 0 Å². The maximum Gasteiger partial charge on any atom is 0.0631 e. The van der Waals surface area contributed by atoms with E-state index in [9.17, 15) is 5.11 Å². The molecular weight excluding hydrogens is 210 g/mol. The molecule has 0 amide bonds. The maximum atomic E-state index is 10.5. The summed E-state index contributed by atoms with van der Waals surface area (Å²) in [6.45, 7) is 9.06. The monoisotopic (exact) mass is 239 g/mol. The molecule has 2 saturated carbocycles. The zero-order chi connectivity index (χ0) is 12.5. The fourth-order valence-electron chi connectivity index (χ4n) is 3.41. The van der Waals surface area contributed by atoms with Crippen molar-refractivity contribution >= 4 is 0 Å². The molecule has 1 N–H and O–H groups in total. The lowest BCUT2D eigenvalue weighted by Crippen LogP contribution is -2.45. The molecule has 2 rings (SSSR count). The number of aliphatic hydroxyl groups is 1. The number of hydrogen-bond acceptors (Lipinski definition) is 2. The third-order valence-electron chi connectivity index (χ3n) is 4.69. The van der Waals surface area contributed by atoms with Crippen LogP contribution in [0.25, 0.3) is 0 Å². The molecule has 0 aromatic carbocycles. The van der Waals surface area contributed by atoms with Crippen molar-refractivity contribution in [2.75, 3.05) is 13.1 Å². The van der Waals surface area contributed by atoms with Gasteiger partial charge in [-0.1, -0.05) is 27.2 Å². The first kappa shape index (κ1) is 13.4. The number of rotatable bonds is 5. The van der Waals surface area contributed by atoms with Gasteiger partial charge in [-0.15, -0.1) is 0 Å². The quantitative estimate of drug-likeness (QED) is 0.797. The van der Waals surface area contributed by atoms with Crippen LogP contribution in [0, 0.1) is 11.3 Å². The van der Waals surface area contributed by atoms with Crippen molar-refractivity contribution in [1.82, 2.24) is 4.90 Å². The van der Waals surface area contributed by atoms with Crippen molar-refractivity contribution in [3.8, 4) is 0 Å². The molecule has 0 bridgehead atoms. The van der Waals surface area contributed by atoms with E-state index in [-0.39, 0.29) is 11.5 Å². The van der Waals surface area contributed by atoms with Gasteiger partial charge in [0, 0.05) is 12.6 Å². The van der Waals surface area contributed by atoms with Crippen molar-refractivity contribution in [2.45, 2.75) is 71.4 Å². The lowest BCUT2D eigenvalue weighted by Gasteiger charge is -2.42. The van der Waals surface area contributed by atoms with Crippen molar-refractivity contribution in [1.29, 1.82) is 0 Å². The Balaban J connectivity index is 1.91. The maximum absolute atomic E-state index is 10.5. The van der Waals surface area contributed by atoms with Crippen LogP contribution in [0.15, 0.2) is 0 Å². The average Bonchev–Trinajstić information content (AvgIpc) is 3.07. The lowest BCUT2D eigenvalue weighted by molar-refractivity contribution is -0.0437. The molecule has 2 heteroatoms. The van der Waals surface area contributed by atoms with E-state index in [0.29, 0.717) is 5.92 Å². The van der Waals surface area contributed by atoms with Gasteiger partial charge in [0.25, 0.3) is 0 Å². The normalized spacial score (nSPS) is 33.0. The van der Waals surface area contributed by atoms with Crippen LogP contribution in [0.3, 0.4) is 0 Å². The van der Waals surface area contributed by atoms with Gasteiger partial charge in [0.05, 0.1) is 6.10 Å². The molecule has 0 heterocycles. The Bertz CT molecular complexity index is 247. The molecule has 0 aromatic heterocycles. The Morgan fingerprint density at radius 2 is 1.94 bits per heavy atom. The molecule has 0 aliphatic heterocycles. The lowest BCUT2D eigenvalue weighted by atomic mass is 9.69. The fraction of sp³-hybridized carbons (Fsp3) is 1.00. The van der Waals surface area contributed by atoms with Crippen molar-refractivity contribution in [3.63, 3.8) is 0 Å². The molecule has 2 atom stereocenters. The van der Waals surface area contributed by atoms with Gasteiger partial charge in [-0.05, 0) is 50.0 Å². The van der Waals surface area contributed by atoms with E-state index >= 15 is 0 Å². The van der Waals surface area contributed by atoms with Gasteiger partial charge >= 0.3 is 0 Å². The molecule has 0 saturated heterocycles. The number of aliphatic hydroxyl groups excluding tert-OH is 1. The molecular formula is C15H29NO. The Labute approximate surface area is 106 Å². The standard InChI is InChI=1S/C15H29NO/c1-4-10-16(13-7-8-13)11-12-6-5-9-15(2,3)14(12)17/h12-14,17H,4-11H2,1-3H3. The van der Waals surface area contributed by atoms with Gasteiger partial charge in [0.15, 0.2) is 0 Å². The number of nitrogens with zero attached hydrogens (tertiary/aromatic N) is 1. The predicted molar refractivity (Wildman–Crippen MR) is 72.0 cm³/mol. The van der Waals surface area contributed by atoms with E-state index in [2.05, 4.69) is 25.7 Å². The first-order valence-electron chi connectivity index (χ1n) is 7.46. The van der Waals surface area contributed by atoms with E-state index in [1.165, 1.54) is 45.1 Å². The van der Waals surface area contributed by atoms with E-state index in [1.54, 1.807) is 0 Å². The second-order valence-corrected chi connectivity index (χ2v) is 6.81. The second-order valence-electron chi connectivity index (χ2n) is 6.81. The largest absolute Gasteiger partial charge is 0.392 e. The SMILES string of the molecule is CCCN(CC1CCCC(C)(C)C1O)C1CC1. The average molecular weight is 239 g/mol. The molecule has 0 aromatic rings. The summed E-state index contributed by atoms with van der Waals surface area (Å²) in [5.41, 5.74) is 0.129. The van der Waals surface area contributed by atoms with E-state index in [4.69, 9.17) is 0 Å². The Morgan fingerprint density at radius 3 is 2.53 bits per heavy atom. The van der Waals surface area contributed by atoms with Crippen LogP contribution in [0.2, 0.25) is 0 Å². The summed E-state index contributed by atoms with van der Waals surface area (Å²) in [4.78, 5) is 2.63. The summed E-state index contributed by atoms with van der Waals surface area (Å²) < 4.78 is 0. The minimum Gasteiger partial charge on any atom is -0.392 e. The molecule has 0 radical (unpaired) electrons. The first-order valence-corrected chi connectivity index (χ1v) is 7.46. The Kier molecular flexibility index (Phi) is 4.14. The second kappa shape index (κ2) is 5.27. The molecule has 17 heavy (non-hydrogen) atoms. The molecule has 2 fully saturated rings. The third-order valence-corrected chi connectivity index (χ3v) is 4.69. The van der Waals surface area contributed by atoms with E-state index in [0.717, 1.165) is 12.6 Å². The molecule has 2 unspecified atom stereocenters. The van der Waals surface area contributed by atoms with Crippen LogP contribution in [0.1, 0.15) is 59.3 Å². The van der Waals surface area contributed by atoms with Gasteiger partial charge in [0.2, 0.25) is 0 Å². The highest BCUT2D eigenvalue weighted by Gasteiger charge is 2.39. The summed E-state index contributed by atoms with van der Waals surface area (Å²) in [5, 5.41) is 10.5. The van der Waals surface area contributed by atoms with Gasteiger partial charge in [0.1, 0.15) is 0 Å². The van der Waals surface area contributed by atoms with Gasteiger partial charge in [-0.25, -0.2) is 0 Å². The Hall–Kier alpha value is -0.0800. The summed E-state index contributed by atoms with van der Waals surface area (Å²) in [6.07, 6.45) is 7.59. The van der Waals surface area contributed by atoms with E-state index in [1.807, 2.05) is 0 Å². The zero-order valence-corrected chi connectivity index (χ0v) is 11.8. The highest BCUT2D eigenvalue weighted by Crippen LogP contribution is 2.40. The minimum absolute atomic E-state index is 0.102. The van der Waals surface area contributed by atoms with Crippen molar-refractivity contribution < 1.29 is 5.11 Å². The van der Waals surface area contributed by atoms with E-state index < -0.39 is 0 Å². The van der Waals surface area contributed by atoms with Crippen LogP contribution in [-0.4, -0.2) is 35.2 Å². The summed E-state index contributed by atoms with van der Waals surface area (Å²) in [5.74, 6) is 0.505. The van der Waals surface area contributed by atoms with Crippen LogP contribution in [0.5, 0.6) is 0 Å². The predicted octanol–water partition coefficient (Wildman–Crippen LogP) is 3.05. The highest BCUT2D eigenvalue weighted by atomic mass is 16.3. The topological polar surface area (TPSA) is 23.5 Å². The van der Waals surface area contributed by atoms with Gasteiger partial charge < -0.3 is 10.0 Å². The van der Waals surface area contributed by atoms with Crippen LogP contribution in [-0.2, 0) is 0 Å². The summed E-state index contributed by atoms with van der Waals surface area (Å²) in [7, 11) is 0. The summed E-state index contributed by atoms with van der Waals surface area (Å²) >= 11 is 0. The van der Waals surface area contributed by atoms with Crippen molar-refractivity contribution in [2.24, 2.45) is 11.3 Å². The Morgan fingerprint density at radius 1 is 1.24 bits per heavy atom. The number of hydrogen-bond donors (Lipinski definition) is 1. The zero-order valence-electron chi connectivity index (χ0n) is 11.8.